The molecule has 0 radical (unpaired) electrons. The maximum atomic E-state index is 5.77. The molecule has 0 bridgehead atoms. The van der Waals surface area contributed by atoms with Crippen molar-refractivity contribution >= 4 is 11.0 Å². The highest BCUT2D eigenvalue weighted by Gasteiger charge is 2.19. The van der Waals surface area contributed by atoms with Crippen LogP contribution in [0.5, 0.6) is 0 Å². The SMILES string of the molecule is CC(CNCc1cc2ccccc2o1)C(C)(C)C. The van der Waals surface area contributed by atoms with Gasteiger partial charge in [0.1, 0.15) is 11.3 Å². The van der Waals surface area contributed by atoms with E-state index in [0.717, 1.165) is 24.4 Å². The first-order valence-electron chi connectivity index (χ1n) is 6.65. The first-order valence-corrected chi connectivity index (χ1v) is 6.65. The number of para-hydroxylation sites is 1. The average Bonchev–Trinajstić information content (AvgIpc) is 2.70. The van der Waals surface area contributed by atoms with E-state index in [9.17, 15) is 0 Å². The summed E-state index contributed by atoms with van der Waals surface area (Å²) in [5.41, 5.74) is 1.32. The molecule has 0 saturated carbocycles. The molecule has 0 saturated heterocycles. The minimum Gasteiger partial charge on any atom is -0.460 e. The predicted molar refractivity (Wildman–Crippen MR) is 76.5 cm³/mol. The lowest BCUT2D eigenvalue weighted by atomic mass is 9.82. The van der Waals surface area contributed by atoms with Gasteiger partial charge in [0.05, 0.1) is 6.54 Å². The molecule has 2 aromatic rings. The van der Waals surface area contributed by atoms with E-state index in [0.29, 0.717) is 11.3 Å². The van der Waals surface area contributed by atoms with Crippen LogP contribution in [0.25, 0.3) is 11.0 Å². The monoisotopic (exact) mass is 245 g/mol. The molecular formula is C16H23NO. The highest BCUT2D eigenvalue weighted by Crippen LogP contribution is 2.24. The first kappa shape index (κ1) is 13.2. The van der Waals surface area contributed by atoms with Crippen molar-refractivity contribution in [1.82, 2.24) is 5.32 Å². The standard InChI is InChI=1S/C16H23NO/c1-12(16(2,3)4)10-17-11-14-9-13-7-5-6-8-15(13)18-14/h5-9,12,17H,10-11H2,1-4H3. The fourth-order valence-corrected chi connectivity index (χ4v) is 1.84. The number of nitrogens with one attached hydrogen (secondary N) is 1. The molecule has 1 N–H and O–H groups in total. The zero-order valence-corrected chi connectivity index (χ0v) is 11.8. The van der Waals surface area contributed by atoms with Gasteiger partial charge in [-0.3, -0.25) is 0 Å². The van der Waals surface area contributed by atoms with E-state index < -0.39 is 0 Å². The summed E-state index contributed by atoms with van der Waals surface area (Å²) in [7, 11) is 0. The van der Waals surface area contributed by atoms with Gasteiger partial charge in [0.2, 0.25) is 0 Å². The van der Waals surface area contributed by atoms with Crippen LogP contribution in [0, 0.1) is 11.3 Å². The van der Waals surface area contributed by atoms with E-state index in [4.69, 9.17) is 4.42 Å². The lowest BCUT2D eigenvalue weighted by Gasteiger charge is -2.27. The van der Waals surface area contributed by atoms with Gasteiger partial charge >= 0.3 is 0 Å². The predicted octanol–water partition coefficient (Wildman–Crippen LogP) is 4.20. The van der Waals surface area contributed by atoms with Crippen molar-refractivity contribution in [2.75, 3.05) is 6.54 Å². The number of hydrogen-bond donors (Lipinski definition) is 1. The summed E-state index contributed by atoms with van der Waals surface area (Å²) in [6, 6.07) is 10.3. The van der Waals surface area contributed by atoms with Crippen LogP contribution in [0.15, 0.2) is 34.7 Å². The van der Waals surface area contributed by atoms with Crippen LogP contribution in [0.2, 0.25) is 0 Å². The van der Waals surface area contributed by atoms with E-state index in [1.54, 1.807) is 0 Å². The maximum absolute atomic E-state index is 5.77. The molecule has 1 atom stereocenters. The van der Waals surface area contributed by atoms with Crippen LogP contribution >= 0.6 is 0 Å². The molecule has 1 heterocycles. The van der Waals surface area contributed by atoms with Gasteiger partial charge < -0.3 is 9.73 Å². The van der Waals surface area contributed by atoms with Crippen LogP contribution in [0.3, 0.4) is 0 Å². The van der Waals surface area contributed by atoms with E-state index in [2.05, 4.69) is 45.1 Å². The molecule has 1 aromatic heterocycles. The number of benzene rings is 1. The Morgan fingerprint density at radius 2 is 1.94 bits per heavy atom. The summed E-state index contributed by atoms with van der Waals surface area (Å²) < 4.78 is 5.77. The van der Waals surface area contributed by atoms with E-state index in [1.807, 2.05) is 18.2 Å². The van der Waals surface area contributed by atoms with Crippen molar-refractivity contribution in [2.45, 2.75) is 34.2 Å². The second-order valence-electron chi connectivity index (χ2n) is 6.15. The lowest BCUT2D eigenvalue weighted by molar-refractivity contribution is 0.251. The molecule has 2 nitrogen and oxygen atoms in total. The summed E-state index contributed by atoms with van der Waals surface area (Å²) in [6.07, 6.45) is 0. The van der Waals surface area contributed by atoms with Gasteiger partial charge in [-0.1, -0.05) is 45.9 Å². The smallest absolute Gasteiger partial charge is 0.134 e. The van der Waals surface area contributed by atoms with Crippen molar-refractivity contribution in [2.24, 2.45) is 11.3 Å². The van der Waals surface area contributed by atoms with Crippen molar-refractivity contribution in [1.29, 1.82) is 0 Å². The Bertz CT molecular complexity index is 474. The molecule has 0 aliphatic carbocycles. The van der Waals surface area contributed by atoms with Crippen molar-refractivity contribution in [3.63, 3.8) is 0 Å². The summed E-state index contributed by atoms with van der Waals surface area (Å²) in [5, 5.41) is 4.65. The van der Waals surface area contributed by atoms with Gasteiger partial charge in [0.15, 0.2) is 0 Å². The topological polar surface area (TPSA) is 25.2 Å². The number of hydrogen-bond acceptors (Lipinski definition) is 2. The van der Waals surface area contributed by atoms with Gasteiger partial charge in [-0.05, 0) is 30.0 Å². The fraction of sp³-hybridized carbons (Fsp3) is 0.500. The number of rotatable bonds is 4. The Labute approximate surface area is 109 Å². The molecule has 0 aliphatic rings. The molecule has 0 fully saturated rings. The summed E-state index contributed by atoms with van der Waals surface area (Å²) in [6.45, 7) is 10.9. The van der Waals surface area contributed by atoms with Crippen molar-refractivity contribution in [3.05, 3.63) is 36.1 Å². The molecule has 1 aromatic carbocycles. The molecule has 0 aliphatic heterocycles. The molecule has 0 spiro atoms. The minimum absolute atomic E-state index is 0.348. The second kappa shape index (κ2) is 5.15. The normalized spacial score (nSPS) is 14.0. The highest BCUT2D eigenvalue weighted by atomic mass is 16.3. The van der Waals surface area contributed by atoms with Crippen molar-refractivity contribution < 1.29 is 4.42 Å². The van der Waals surface area contributed by atoms with Gasteiger partial charge in [0.25, 0.3) is 0 Å². The largest absolute Gasteiger partial charge is 0.460 e. The van der Waals surface area contributed by atoms with Gasteiger partial charge in [0, 0.05) is 5.39 Å². The molecule has 2 rings (SSSR count). The highest BCUT2D eigenvalue weighted by molar-refractivity contribution is 5.77. The van der Waals surface area contributed by atoms with Gasteiger partial charge in [-0.15, -0.1) is 0 Å². The minimum atomic E-state index is 0.348. The Balaban J connectivity index is 1.91. The van der Waals surface area contributed by atoms with E-state index >= 15 is 0 Å². The van der Waals surface area contributed by atoms with Gasteiger partial charge in [-0.25, -0.2) is 0 Å². The summed E-state index contributed by atoms with van der Waals surface area (Å²) in [4.78, 5) is 0. The third kappa shape index (κ3) is 3.14. The second-order valence-corrected chi connectivity index (χ2v) is 6.15. The van der Waals surface area contributed by atoms with Gasteiger partial charge in [-0.2, -0.15) is 0 Å². The molecular weight excluding hydrogens is 222 g/mol. The summed E-state index contributed by atoms with van der Waals surface area (Å²) in [5.74, 6) is 1.65. The van der Waals surface area contributed by atoms with Crippen LogP contribution in [0.1, 0.15) is 33.5 Å². The zero-order chi connectivity index (χ0) is 13.2. The molecule has 98 valence electrons. The van der Waals surface area contributed by atoms with Crippen LogP contribution in [-0.2, 0) is 6.54 Å². The quantitative estimate of drug-likeness (QED) is 0.873. The molecule has 2 heteroatoms. The average molecular weight is 245 g/mol. The zero-order valence-electron chi connectivity index (χ0n) is 11.8. The Hall–Kier alpha value is -1.28. The Morgan fingerprint density at radius 3 is 2.61 bits per heavy atom. The van der Waals surface area contributed by atoms with Crippen LogP contribution in [0.4, 0.5) is 0 Å². The molecule has 1 unspecified atom stereocenters. The number of fused-ring (bicyclic) bond motifs is 1. The maximum Gasteiger partial charge on any atom is 0.134 e. The van der Waals surface area contributed by atoms with Crippen molar-refractivity contribution in [3.8, 4) is 0 Å². The van der Waals surface area contributed by atoms with E-state index in [-0.39, 0.29) is 0 Å². The molecule has 18 heavy (non-hydrogen) atoms. The fourth-order valence-electron chi connectivity index (χ4n) is 1.84. The summed E-state index contributed by atoms with van der Waals surface area (Å²) >= 11 is 0. The van der Waals surface area contributed by atoms with Crippen LogP contribution in [-0.4, -0.2) is 6.54 Å². The lowest BCUT2D eigenvalue weighted by Crippen LogP contribution is -2.29. The third-order valence-corrected chi connectivity index (χ3v) is 3.70. The first-order chi connectivity index (χ1) is 8.47. The third-order valence-electron chi connectivity index (χ3n) is 3.70. The Morgan fingerprint density at radius 1 is 1.22 bits per heavy atom. The Kier molecular flexibility index (Phi) is 3.76. The molecule has 0 amide bonds. The van der Waals surface area contributed by atoms with Crippen LogP contribution < -0.4 is 5.32 Å². The number of furan rings is 1. The van der Waals surface area contributed by atoms with E-state index in [1.165, 1.54) is 5.39 Å².